The summed E-state index contributed by atoms with van der Waals surface area (Å²) in [5, 5.41) is 12.9. The number of benzene rings is 2. The van der Waals surface area contributed by atoms with Gasteiger partial charge in [0.25, 0.3) is 10.0 Å². The highest BCUT2D eigenvalue weighted by Crippen LogP contribution is 2.30. The zero-order valence-electron chi connectivity index (χ0n) is 26.8. The second kappa shape index (κ2) is 15.8. The Morgan fingerprint density at radius 1 is 1.00 bits per heavy atom. The van der Waals surface area contributed by atoms with Gasteiger partial charge >= 0.3 is 11.9 Å². The Bertz CT molecular complexity index is 1570. The maximum absolute atomic E-state index is 13.3. The number of unbranched alkanes of at least 4 members (excludes halogenated alkanes) is 1. The van der Waals surface area contributed by atoms with Crippen LogP contribution in [0.2, 0.25) is 0 Å². The Morgan fingerprint density at radius 3 is 2.33 bits per heavy atom. The molecule has 45 heavy (non-hydrogen) atoms. The molecule has 11 nitrogen and oxygen atoms in total. The third-order valence-electron chi connectivity index (χ3n) is 6.89. The molecule has 3 aromatic rings. The molecule has 0 aliphatic carbocycles. The van der Waals surface area contributed by atoms with Crippen molar-refractivity contribution in [2.24, 2.45) is 5.41 Å². The number of carbonyl (C=O) groups excluding carboxylic acids is 1. The number of hydrogen-bond donors (Lipinski definition) is 3. The number of aromatic carboxylic acids is 1. The van der Waals surface area contributed by atoms with Crippen molar-refractivity contribution in [3.05, 3.63) is 65.2 Å². The Kier molecular flexibility index (Phi) is 12.5. The van der Waals surface area contributed by atoms with Crippen LogP contribution in [0.25, 0.3) is 11.3 Å². The van der Waals surface area contributed by atoms with E-state index in [9.17, 15) is 23.1 Å². The van der Waals surface area contributed by atoms with Gasteiger partial charge in [-0.2, -0.15) is 4.98 Å². The molecule has 0 radical (unpaired) electrons. The second-order valence-electron chi connectivity index (χ2n) is 12.1. The Balaban J connectivity index is 1.87. The zero-order chi connectivity index (χ0) is 33.2. The SMILES string of the molecule is CCOC(=O)CCCCN[C@@H](COc1cc(-c2c(C)cccc2C)nc(NS(=O)(=O)c2cccc(C(=O)O)c2)n1)CC(C)(C)C. The van der Waals surface area contributed by atoms with Gasteiger partial charge in [-0.05, 0) is 81.3 Å². The summed E-state index contributed by atoms with van der Waals surface area (Å²) in [6, 6.07) is 12.5. The molecule has 0 spiro atoms. The lowest BCUT2D eigenvalue weighted by atomic mass is 9.88. The van der Waals surface area contributed by atoms with E-state index in [0.29, 0.717) is 31.7 Å². The first-order chi connectivity index (χ1) is 21.2. The van der Waals surface area contributed by atoms with Crippen LogP contribution >= 0.6 is 0 Å². The summed E-state index contributed by atoms with van der Waals surface area (Å²) in [4.78, 5) is 31.8. The van der Waals surface area contributed by atoms with Gasteiger partial charge in [-0.25, -0.2) is 22.9 Å². The smallest absolute Gasteiger partial charge is 0.335 e. The number of esters is 1. The summed E-state index contributed by atoms with van der Waals surface area (Å²) in [7, 11) is -4.23. The molecule has 3 rings (SSSR count). The van der Waals surface area contributed by atoms with Crippen molar-refractivity contribution in [1.29, 1.82) is 0 Å². The number of carbonyl (C=O) groups is 2. The molecule has 0 aliphatic heterocycles. The molecule has 1 atom stereocenters. The average Bonchev–Trinajstić information content (AvgIpc) is 2.94. The van der Waals surface area contributed by atoms with E-state index in [2.05, 4.69) is 40.8 Å². The average molecular weight is 641 g/mol. The van der Waals surface area contributed by atoms with Crippen LogP contribution in [0.1, 0.15) is 74.9 Å². The van der Waals surface area contributed by atoms with Crippen molar-refractivity contribution < 1.29 is 32.6 Å². The number of anilines is 1. The van der Waals surface area contributed by atoms with E-state index < -0.39 is 16.0 Å². The summed E-state index contributed by atoms with van der Waals surface area (Å²) in [5.41, 5.74) is 3.02. The van der Waals surface area contributed by atoms with Crippen molar-refractivity contribution in [2.45, 2.75) is 78.2 Å². The summed E-state index contributed by atoms with van der Waals surface area (Å²) in [6.45, 7) is 13.4. The maximum atomic E-state index is 13.3. The number of nitrogens with one attached hydrogen (secondary N) is 2. The van der Waals surface area contributed by atoms with Crippen molar-refractivity contribution in [2.75, 3.05) is 24.5 Å². The fraction of sp³-hybridized carbons (Fsp3) is 0.455. The zero-order valence-corrected chi connectivity index (χ0v) is 27.7. The van der Waals surface area contributed by atoms with E-state index in [1.807, 2.05) is 32.0 Å². The first-order valence-electron chi connectivity index (χ1n) is 15.0. The number of sulfonamides is 1. The molecule has 2 aromatic carbocycles. The number of carboxylic acids is 1. The molecule has 0 unspecified atom stereocenters. The van der Waals surface area contributed by atoms with E-state index in [4.69, 9.17) is 9.47 Å². The lowest BCUT2D eigenvalue weighted by Crippen LogP contribution is -2.38. The standard InChI is InChI=1S/C33H44N4O7S/c1-7-43-29(38)16-8-9-17-34-25(20-33(4,5)6)21-44-28-19-27(30-22(2)12-10-13-23(30)3)35-32(36-28)37-45(41,42)26-15-11-14-24(18-26)31(39)40/h10-15,18-19,25,34H,7-9,16-17,20-21H2,1-6H3,(H,39,40)(H,35,36,37)/t25-/m1/s1. The molecule has 244 valence electrons. The molecule has 0 bridgehead atoms. The van der Waals surface area contributed by atoms with Gasteiger partial charge in [-0.3, -0.25) is 4.79 Å². The minimum Gasteiger partial charge on any atom is -0.478 e. The first-order valence-corrected chi connectivity index (χ1v) is 16.5. The molecular weight excluding hydrogens is 596 g/mol. The quantitative estimate of drug-likeness (QED) is 0.130. The highest BCUT2D eigenvalue weighted by Gasteiger charge is 2.22. The van der Waals surface area contributed by atoms with Gasteiger partial charge in [0.2, 0.25) is 11.8 Å². The predicted molar refractivity (Wildman–Crippen MR) is 173 cm³/mol. The van der Waals surface area contributed by atoms with Gasteiger partial charge in [0.15, 0.2) is 0 Å². The molecule has 1 heterocycles. The topological polar surface area (TPSA) is 157 Å². The summed E-state index contributed by atoms with van der Waals surface area (Å²) in [6.07, 6.45) is 2.66. The van der Waals surface area contributed by atoms with Crippen LogP contribution in [0.4, 0.5) is 5.95 Å². The molecule has 1 aromatic heterocycles. The fourth-order valence-corrected chi connectivity index (χ4v) is 5.90. The van der Waals surface area contributed by atoms with Crippen LogP contribution in [0.3, 0.4) is 0 Å². The van der Waals surface area contributed by atoms with E-state index in [1.165, 1.54) is 18.2 Å². The molecule has 0 fully saturated rings. The number of nitrogens with zero attached hydrogens (tertiary/aromatic N) is 2. The molecule has 0 saturated heterocycles. The monoisotopic (exact) mass is 640 g/mol. The molecular formula is C33H44N4O7S. The third kappa shape index (κ3) is 11.1. The van der Waals surface area contributed by atoms with Crippen LogP contribution < -0.4 is 14.8 Å². The number of aryl methyl sites for hydroxylation is 2. The van der Waals surface area contributed by atoms with Gasteiger partial charge in [0.1, 0.15) is 6.61 Å². The highest BCUT2D eigenvalue weighted by atomic mass is 32.2. The second-order valence-corrected chi connectivity index (χ2v) is 13.8. The van der Waals surface area contributed by atoms with Gasteiger partial charge in [0.05, 0.1) is 22.8 Å². The van der Waals surface area contributed by atoms with Crippen LogP contribution in [-0.2, 0) is 19.6 Å². The molecule has 0 amide bonds. The van der Waals surface area contributed by atoms with Crippen molar-refractivity contribution in [3.8, 4) is 17.1 Å². The van der Waals surface area contributed by atoms with Gasteiger partial charge in [-0.15, -0.1) is 0 Å². The Morgan fingerprint density at radius 2 is 1.69 bits per heavy atom. The first kappa shape index (κ1) is 35.4. The van der Waals surface area contributed by atoms with Crippen LogP contribution in [-0.4, -0.2) is 61.2 Å². The Hall–Kier alpha value is -4.03. The molecule has 3 N–H and O–H groups in total. The summed E-state index contributed by atoms with van der Waals surface area (Å²) < 4.78 is 40.2. The highest BCUT2D eigenvalue weighted by molar-refractivity contribution is 7.92. The van der Waals surface area contributed by atoms with Crippen molar-refractivity contribution in [3.63, 3.8) is 0 Å². The summed E-state index contributed by atoms with van der Waals surface area (Å²) in [5.74, 6) is -1.46. The normalized spacial score (nSPS) is 12.4. The van der Waals surface area contributed by atoms with E-state index in [0.717, 1.165) is 35.6 Å². The van der Waals surface area contributed by atoms with Gasteiger partial charge in [0, 0.05) is 24.1 Å². The summed E-state index contributed by atoms with van der Waals surface area (Å²) >= 11 is 0. The van der Waals surface area contributed by atoms with E-state index in [1.54, 1.807) is 13.0 Å². The number of aromatic nitrogens is 2. The van der Waals surface area contributed by atoms with Crippen molar-refractivity contribution >= 4 is 27.9 Å². The molecule has 12 heteroatoms. The number of rotatable bonds is 16. The van der Waals surface area contributed by atoms with E-state index >= 15 is 0 Å². The largest absolute Gasteiger partial charge is 0.478 e. The molecule has 0 saturated carbocycles. The third-order valence-corrected chi connectivity index (χ3v) is 8.22. The van der Waals surface area contributed by atoms with Gasteiger partial charge < -0.3 is 19.9 Å². The van der Waals surface area contributed by atoms with E-state index in [-0.39, 0.29) is 46.3 Å². The predicted octanol–water partition coefficient (Wildman–Crippen LogP) is 5.77. The lowest BCUT2D eigenvalue weighted by molar-refractivity contribution is -0.143. The fourth-order valence-electron chi connectivity index (χ4n) is 4.92. The Labute approximate surface area is 265 Å². The van der Waals surface area contributed by atoms with Crippen LogP contribution in [0.5, 0.6) is 5.88 Å². The van der Waals surface area contributed by atoms with Crippen LogP contribution in [0, 0.1) is 19.3 Å². The lowest BCUT2D eigenvalue weighted by Gasteiger charge is -2.27. The van der Waals surface area contributed by atoms with Crippen LogP contribution in [0.15, 0.2) is 53.4 Å². The number of carboxylic acid groups (broad SMARTS) is 1. The molecule has 0 aliphatic rings. The van der Waals surface area contributed by atoms with Crippen molar-refractivity contribution in [1.82, 2.24) is 15.3 Å². The minimum atomic E-state index is -4.23. The number of hydrogen-bond acceptors (Lipinski definition) is 9. The number of ether oxygens (including phenoxy) is 2. The minimum absolute atomic E-state index is 0.00760. The van der Waals surface area contributed by atoms with Gasteiger partial charge in [-0.1, -0.05) is 45.0 Å². The maximum Gasteiger partial charge on any atom is 0.335 e.